The van der Waals surface area contributed by atoms with E-state index in [1.54, 1.807) is 0 Å². The molecule has 2 heterocycles. The number of anilines is 6. The topological polar surface area (TPSA) is 19.6 Å². The molecule has 2 aromatic heterocycles. The first-order valence-corrected chi connectivity index (χ1v) is 19.7. The second kappa shape index (κ2) is 13.3. The number of hydrogen-bond acceptors (Lipinski definition) is 4. The van der Waals surface area contributed by atoms with Crippen LogP contribution < -0.4 is 9.80 Å². The second-order valence-electron chi connectivity index (χ2n) is 14.1. The lowest BCUT2D eigenvalue weighted by atomic mass is 10.0. The van der Waals surface area contributed by atoms with Gasteiger partial charge in [-0.25, -0.2) is 0 Å². The summed E-state index contributed by atoms with van der Waals surface area (Å²) in [6.07, 6.45) is 0. The van der Waals surface area contributed by atoms with Gasteiger partial charge in [0, 0.05) is 55.1 Å². The average molecular weight is 735 g/mol. The third kappa shape index (κ3) is 5.42. The van der Waals surface area contributed by atoms with E-state index in [9.17, 15) is 0 Å². The molecule has 0 aliphatic heterocycles. The molecule has 0 saturated carbocycles. The van der Waals surface area contributed by atoms with Crippen LogP contribution in [0.3, 0.4) is 0 Å². The molecule has 0 fully saturated rings. The van der Waals surface area contributed by atoms with Gasteiger partial charge in [-0.3, -0.25) is 0 Å². The van der Waals surface area contributed by atoms with Crippen molar-refractivity contribution >= 4 is 98.3 Å². The Hall–Kier alpha value is -7.14. The van der Waals surface area contributed by atoms with Crippen molar-refractivity contribution in [2.24, 2.45) is 0 Å². The van der Waals surface area contributed by atoms with Crippen molar-refractivity contribution in [1.82, 2.24) is 0 Å². The monoisotopic (exact) mass is 734 g/mol. The van der Waals surface area contributed by atoms with E-state index in [1.165, 1.54) is 42.1 Å². The van der Waals surface area contributed by atoms with E-state index in [0.717, 1.165) is 56.1 Å². The van der Waals surface area contributed by atoms with Crippen molar-refractivity contribution in [1.29, 1.82) is 0 Å². The molecule has 0 bridgehead atoms. The zero-order valence-corrected chi connectivity index (χ0v) is 31.2. The number of hydrogen-bond donors (Lipinski definition) is 0. The third-order valence-corrected chi connectivity index (χ3v) is 12.0. The first-order valence-electron chi connectivity index (χ1n) is 18.9. The number of para-hydroxylation sites is 3. The fourth-order valence-electron chi connectivity index (χ4n) is 8.21. The van der Waals surface area contributed by atoms with Gasteiger partial charge in [-0.15, -0.1) is 11.3 Å². The zero-order chi connectivity index (χ0) is 37.0. The minimum absolute atomic E-state index is 0.868. The predicted molar refractivity (Wildman–Crippen MR) is 239 cm³/mol. The van der Waals surface area contributed by atoms with Gasteiger partial charge in [0.1, 0.15) is 11.2 Å². The quantitative estimate of drug-likeness (QED) is 0.163. The van der Waals surface area contributed by atoms with Gasteiger partial charge in [-0.1, -0.05) is 121 Å². The molecule has 0 aliphatic carbocycles. The normalized spacial score (nSPS) is 11.6. The molecule has 0 N–H and O–H groups in total. The fourth-order valence-corrected chi connectivity index (χ4v) is 9.44. The average Bonchev–Trinajstić information content (AvgIpc) is 3.84. The van der Waals surface area contributed by atoms with E-state index in [1.807, 2.05) is 23.5 Å². The largest absolute Gasteiger partial charge is 0.456 e. The van der Waals surface area contributed by atoms with Crippen LogP contribution in [0.5, 0.6) is 0 Å². The number of rotatable bonds is 7. The van der Waals surface area contributed by atoms with Gasteiger partial charge >= 0.3 is 0 Å². The molecule has 11 aromatic rings. The van der Waals surface area contributed by atoms with Gasteiger partial charge in [0.25, 0.3) is 0 Å². The highest BCUT2D eigenvalue weighted by Crippen LogP contribution is 2.49. The van der Waals surface area contributed by atoms with E-state index in [4.69, 9.17) is 4.42 Å². The maximum absolute atomic E-state index is 6.47. The SMILES string of the molecule is c1ccc(N(c2ccccc2)c2cccc3c2sc2cccc(N(c4ccc(-c5ccc6ccccc6c5)cc4)c4ccc5c(c4)oc4ccccc45)c23)cc1. The molecule has 0 aliphatic rings. The number of thiophene rings is 1. The summed E-state index contributed by atoms with van der Waals surface area (Å²) in [7, 11) is 0. The minimum atomic E-state index is 0.868. The summed E-state index contributed by atoms with van der Waals surface area (Å²) in [6, 6.07) is 73.9. The first-order chi connectivity index (χ1) is 27.8. The highest BCUT2D eigenvalue weighted by atomic mass is 32.1. The molecular formula is C52H34N2OS. The number of fused-ring (bicyclic) bond motifs is 7. The highest BCUT2D eigenvalue weighted by molar-refractivity contribution is 7.26. The van der Waals surface area contributed by atoms with E-state index in [-0.39, 0.29) is 0 Å². The summed E-state index contributed by atoms with van der Waals surface area (Å²) in [5.74, 6) is 0. The van der Waals surface area contributed by atoms with E-state index < -0.39 is 0 Å². The molecule has 3 nitrogen and oxygen atoms in total. The molecule has 0 atom stereocenters. The summed E-state index contributed by atoms with van der Waals surface area (Å²) >= 11 is 1.85. The van der Waals surface area contributed by atoms with Crippen LogP contribution in [0, 0.1) is 0 Å². The summed E-state index contributed by atoms with van der Waals surface area (Å²) in [4.78, 5) is 4.76. The van der Waals surface area contributed by atoms with Gasteiger partial charge in [0.05, 0.1) is 16.1 Å². The van der Waals surface area contributed by atoms with Crippen LogP contribution in [-0.2, 0) is 0 Å². The second-order valence-corrected chi connectivity index (χ2v) is 15.2. The van der Waals surface area contributed by atoms with Crippen LogP contribution in [0.1, 0.15) is 0 Å². The Bertz CT molecular complexity index is 3160. The molecule has 0 spiro atoms. The maximum atomic E-state index is 6.47. The molecule has 9 aromatic carbocycles. The fraction of sp³-hybridized carbons (Fsp3) is 0. The minimum Gasteiger partial charge on any atom is -0.456 e. The molecule has 4 heteroatoms. The van der Waals surface area contributed by atoms with Crippen LogP contribution >= 0.6 is 11.3 Å². The Balaban J connectivity index is 1.11. The van der Waals surface area contributed by atoms with Crippen LogP contribution in [0.15, 0.2) is 211 Å². The first kappa shape index (κ1) is 32.3. The van der Waals surface area contributed by atoms with E-state index in [0.29, 0.717) is 0 Å². The summed E-state index contributed by atoms with van der Waals surface area (Å²) in [5.41, 5.74) is 10.8. The Labute approximate surface area is 328 Å². The van der Waals surface area contributed by atoms with Gasteiger partial charge in [0.15, 0.2) is 0 Å². The van der Waals surface area contributed by atoms with Crippen molar-refractivity contribution in [3.63, 3.8) is 0 Å². The lowest BCUT2D eigenvalue weighted by Gasteiger charge is -2.27. The van der Waals surface area contributed by atoms with Crippen molar-refractivity contribution in [2.45, 2.75) is 0 Å². The van der Waals surface area contributed by atoms with Crippen molar-refractivity contribution in [3.8, 4) is 11.1 Å². The molecular weight excluding hydrogens is 701 g/mol. The third-order valence-electron chi connectivity index (χ3n) is 10.8. The van der Waals surface area contributed by atoms with Crippen molar-refractivity contribution < 1.29 is 4.42 Å². The Morgan fingerprint density at radius 3 is 1.75 bits per heavy atom. The van der Waals surface area contributed by atoms with E-state index >= 15 is 0 Å². The lowest BCUT2D eigenvalue weighted by molar-refractivity contribution is 0.669. The molecule has 0 radical (unpaired) electrons. The molecule has 0 unspecified atom stereocenters. The maximum Gasteiger partial charge on any atom is 0.137 e. The molecule has 0 saturated heterocycles. The van der Waals surface area contributed by atoms with Crippen molar-refractivity contribution in [3.05, 3.63) is 206 Å². The lowest BCUT2D eigenvalue weighted by Crippen LogP contribution is -2.10. The van der Waals surface area contributed by atoms with Crippen LogP contribution in [-0.4, -0.2) is 0 Å². The van der Waals surface area contributed by atoms with Gasteiger partial charge in [-0.05, 0) is 101 Å². The molecule has 56 heavy (non-hydrogen) atoms. The highest BCUT2D eigenvalue weighted by Gasteiger charge is 2.23. The Kier molecular flexibility index (Phi) is 7.68. The standard InChI is InChI=1S/C52H34N2OS/c1-3-15-39(16-4-1)53(40-17-5-2-6-18-40)47-22-11-20-45-51-46(21-12-24-50(51)56-52(45)47)54(42-31-32-44-43-19-9-10-23-48(43)55-49(44)34-42)41-29-27-36(28-30-41)38-26-25-35-13-7-8-14-37(35)33-38/h1-34H. The van der Waals surface area contributed by atoms with Gasteiger partial charge in [0.2, 0.25) is 0 Å². The van der Waals surface area contributed by atoms with Gasteiger partial charge in [-0.2, -0.15) is 0 Å². The Morgan fingerprint density at radius 1 is 0.357 bits per heavy atom. The number of benzene rings is 9. The molecule has 11 rings (SSSR count). The van der Waals surface area contributed by atoms with Crippen LogP contribution in [0.25, 0.3) is 64.0 Å². The summed E-state index contributed by atoms with van der Waals surface area (Å²) in [5, 5.41) is 7.16. The molecule has 0 amide bonds. The predicted octanol–water partition coefficient (Wildman–Crippen LogP) is 15.7. The van der Waals surface area contributed by atoms with Gasteiger partial charge < -0.3 is 14.2 Å². The molecule has 264 valence electrons. The van der Waals surface area contributed by atoms with Crippen molar-refractivity contribution in [2.75, 3.05) is 9.80 Å². The Morgan fingerprint density at radius 2 is 0.946 bits per heavy atom. The number of nitrogens with zero attached hydrogens (tertiary/aromatic N) is 2. The smallest absolute Gasteiger partial charge is 0.137 e. The zero-order valence-electron chi connectivity index (χ0n) is 30.3. The van der Waals surface area contributed by atoms with Crippen LogP contribution in [0.2, 0.25) is 0 Å². The summed E-state index contributed by atoms with van der Waals surface area (Å²) < 4.78 is 8.93. The van der Waals surface area contributed by atoms with Crippen LogP contribution in [0.4, 0.5) is 34.1 Å². The van der Waals surface area contributed by atoms with E-state index in [2.05, 4.69) is 204 Å². The summed E-state index contributed by atoms with van der Waals surface area (Å²) in [6.45, 7) is 0. The number of furan rings is 1.